The van der Waals surface area contributed by atoms with Crippen LogP contribution in [0.5, 0.6) is 0 Å². The molecule has 2 amide bonds. The van der Waals surface area contributed by atoms with Crippen molar-refractivity contribution < 1.29 is 14.7 Å². The van der Waals surface area contributed by atoms with Crippen LogP contribution in [0, 0.1) is 0 Å². The van der Waals surface area contributed by atoms with Gasteiger partial charge in [-0.25, -0.2) is 9.59 Å². The van der Waals surface area contributed by atoms with Crippen LogP contribution in [0.4, 0.5) is 9.93 Å². The number of carbonyl (C=O) groups excluding carboxylic acids is 1. The average molecular weight is 243 g/mol. The van der Waals surface area contributed by atoms with Gasteiger partial charge in [0.15, 0.2) is 0 Å². The fraction of sp³-hybridized carbons (Fsp3) is 0.571. The largest absolute Gasteiger partial charge is 0.480 e. The summed E-state index contributed by atoms with van der Waals surface area (Å²) in [5.41, 5.74) is 0. The lowest BCUT2D eigenvalue weighted by Crippen LogP contribution is -2.42. The smallest absolute Gasteiger partial charge is 0.326 e. The van der Waals surface area contributed by atoms with Crippen molar-refractivity contribution in [1.82, 2.24) is 19.7 Å². The van der Waals surface area contributed by atoms with E-state index in [0.717, 1.165) is 11.5 Å². The predicted octanol–water partition coefficient (Wildman–Crippen LogP) is 0.0140. The minimum absolute atomic E-state index is 0.265. The summed E-state index contributed by atoms with van der Waals surface area (Å²) in [5.74, 6) is -0.983. The Morgan fingerprint density at radius 1 is 1.56 bits per heavy atom. The number of carbonyl (C=O) groups is 2. The van der Waals surface area contributed by atoms with Gasteiger partial charge in [0, 0.05) is 18.1 Å². The molecule has 86 valence electrons. The third kappa shape index (κ3) is 2.08. The van der Waals surface area contributed by atoms with Crippen molar-refractivity contribution in [3.05, 3.63) is 0 Å². The van der Waals surface area contributed by atoms with E-state index in [1.165, 1.54) is 4.90 Å². The van der Waals surface area contributed by atoms with Gasteiger partial charge in [-0.05, 0) is 18.1 Å². The van der Waals surface area contributed by atoms with E-state index in [-0.39, 0.29) is 5.13 Å². The molecule has 0 bridgehead atoms. The van der Waals surface area contributed by atoms with E-state index in [2.05, 4.69) is 20.1 Å². The van der Waals surface area contributed by atoms with Crippen LogP contribution < -0.4 is 5.32 Å². The summed E-state index contributed by atoms with van der Waals surface area (Å²) in [6.45, 7) is 0.440. The molecule has 16 heavy (non-hydrogen) atoms. The number of carboxylic acid groups (broad SMARTS) is 1. The summed E-state index contributed by atoms with van der Waals surface area (Å²) < 4.78 is 3.49. The summed E-state index contributed by atoms with van der Waals surface area (Å²) in [4.78, 5) is 23.8. The zero-order chi connectivity index (χ0) is 11.5. The van der Waals surface area contributed by atoms with Crippen LogP contribution in [0.25, 0.3) is 0 Å². The molecule has 0 saturated carbocycles. The highest BCUT2D eigenvalue weighted by atomic mass is 32.1. The van der Waals surface area contributed by atoms with E-state index in [1.807, 2.05) is 0 Å². The maximum atomic E-state index is 11.7. The minimum Gasteiger partial charge on any atom is -0.480 e. The normalized spacial score (nSPS) is 19.8. The molecule has 2 heterocycles. The van der Waals surface area contributed by atoms with Crippen LogP contribution in [0.1, 0.15) is 12.8 Å². The molecular weight excluding hydrogens is 234 g/mol. The number of hydrogen-bond acceptors (Lipinski definition) is 6. The molecule has 0 unspecified atom stereocenters. The number of aliphatic carboxylic acids is 1. The topological polar surface area (TPSA) is 108 Å². The van der Waals surface area contributed by atoms with Crippen LogP contribution in [0.2, 0.25) is 0 Å². The Bertz CT molecular complexity index is 395. The number of anilines is 1. The molecule has 1 atom stereocenters. The quantitative estimate of drug-likeness (QED) is 0.757. The third-order valence-electron chi connectivity index (χ3n) is 2.31. The molecule has 1 aliphatic heterocycles. The number of likely N-dealkylation sites (tertiary alicyclic amines) is 1. The minimum atomic E-state index is -0.983. The van der Waals surface area contributed by atoms with E-state index < -0.39 is 18.0 Å². The number of hydrogen-bond donors (Lipinski definition) is 2. The van der Waals surface area contributed by atoms with Crippen molar-refractivity contribution in [3.8, 4) is 0 Å². The highest BCUT2D eigenvalue weighted by molar-refractivity contribution is 7.09. The van der Waals surface area contributed by atoms with Gasteiger partial charge in [0.1, 0.15) is 6.04 Å². The van der Waals surface area contributed by atoms with Crippen molar-refractivity contribution in [2.75, 3.05) is 11.9 Å². The van der Waals surface area contributed by atoms with E-state index in [4.69, 9.17) is 5.11 Å². The van der Waals surface area contributed by atoms with Gasteiger partial charge in [0.2, 0.25) is 5.13 Å². The second-order valence-corrected chi connectivity index (χ2v) is 4.02. The lowest BCUT2D eigenvalue weighted by molar-refractivity contribution is -0.141. The number of urea groups is 1. The first kappa shape index (κ1) is 10.7. The molecule has 0 radical (unpaired) electrons. The number of nitrogens with one attached hydrogen (secondary N) is 1. The summed E-state index contributed by atoms with van der Waals surface area (Å²) >= 11 is 0.941. The highest BCUT2D eigenvalue weighted by Gasteiger charge is 2.34. The first-order valence-electron chi connectivity index (χ1n) is 4.64. The van der Waals surface area contributed by atoms with Crippen molar-refractivity contribution in [3.63, 3.8) is 0 Å². The van der Waals surface area contributed by atoms with Crippen LogP contribution >= 0.6 is 11.5 Å². The van der Waals surface area contributed by atoms with E-state index in [0.29, 0.717) is 19.4 Å². The average Bonchev–Trinajstić information content (AvgIpc) is 2.86. The van der Waals surface area contributed by atoms with Crippen LogP contribution in [0.15, 0.2) is 0 Å². The molecule has 2 N–H and O–H groups in total. The van der Waals surface area contributed by atoms with Gasteiger partial charge < -0.3 is 10.0 Å². The molecule has 9 heteroatoms. The van der Waals surface area contributed by atoms with Gasteiger partial charge >= 0.3 is 12.0 Å². The maximum absolute atomic E-state index is 11.7. The zero-order valence-corrected chi connectivity index (χ0v) is 8.98. The van der Waals surface area contributed by atoms with Crippen molar-refractivity contribution in [2.24, 2.45) is 0 Å². The SMILES string of the molecule is O=C(O)[C@H]1CCCN1C(=O)Nc1nnns1. The number of carboxylic acids is 1. The molecule has 1 aromatic heterocycles. The molecule has 2 rings (SSSR count). The van der Waals surface area contributed by atoms with Gasteiger partial charge in [0.05, 0.1) is 0 Å². The summed E-state index contributed by atoms with van der Waals surface area (Å²) in [6, 6.07) is -1.22. The van der Waals surface area contributed by atoms with Crippen molar-refractivity contribution in [1.29, 1.82) is 0 Å². The molecule has 1 saturated heterocycles. The molecule has 8 nitrogen and oxygen atoms in total. The predicted molar refractivity (Wildman–Crippen MR) is 54.1 cm³/mol. The number of nitrogens with zero attached hydrogens (tertiary/aromatic N) is 4. The Morgan fingerprint density at radius 3 is 3.00 bits per heavy atom. The Balaban J connectivity index is 2.01. The lowest BCUT2D eigenvalue weighted by atomic mass is 10.2. The zero-order valence-electron chi connectivity index (χ0n) is 8.16. The molecule has 0 aromatic carbocycles. The molecule has 1 aliphatic rings. The Morgan fingerprint density at radius 2 is 2.38 bits per heavy atom. The van der Waals surface area contributed by atoms with E-state index in [9.17, 15) is 9.59 Å². The molecule has 0 spiro atoms. The van der Waals surface area contributed by atoms with Gasteiger partial charge in [-0.3, -0.25) is 5.32 Å². The maximum Gasteiger partial charge on any atom is 0.326 e. The number of amides is 2. The molecule has 1 fully saturated rings. The van der Waals surface area contributed by atoms with Gasteiger partial charge in [-0.1, -0.05) is 9.59 Å². The van der Waals surface area contributed by atoms with Gasteiger partial charge in [-0.2, -0.15) is 0 Å². The second-order valence-electron chi connectivity index (χ2n) is 3.29. The number of rotatable bonds is 2. The fourth-order valence-corrected chi connectivity index (χ4v) is 1.97. The van der Waals surface area contributed by atoms with E-state index >= 15 is 0 Å². The Hall–Kier alpha value is -1.77. The Kier molecular flexibility index (Phi) is 2.95. The first-order valence-corrected chi connectivity index (χ1v) is 5.41. The summed E-state index contributed by atoms with van der Waals surface area (Å²) in [5, 5.41) is 18.5. The first-order chi connectivity index (χ1) is 7.68. The Labute approximate surface area is 94.4 Å². The van der Waals surface area contributed by atoms with Crippen LogP contribution in [0.3, 0.4) is 0 Å². The molecule has 1 aromatic rings. The molecule has 0 aliphatic carbocycles. The third-order valence-corrected chi connectivity index (χ3v) is 2.82. The highest BCUT2D eigenvalue weighted by Crippen LogP contribution is 2.18. The van der Waals surface area contributed by atoms with E-state index in [1.54, 1.807) is 0 Å². The van der Waals surface area contributed by atoms with Gasteiger partial charge in [0.25, 0.3) is 0 Å². The monoisotopic (exact) mass is 243 g/mol. The standard InChI is InChI=1S/C7H9N5O3S/c13-5(14)4-2-1-3-12(4)7(15)8-6-9-10-11-16-6/h4H,1-3H2,(H,13,14)(H,8,9,11,15)/t4-/m1/s1. The van der Waals surface area contributed by atoms with Crippen molar-refractivity contribution >= 4 is 28.7 Å². The number of aromatic nitrogens is 3. The van der Waals surface area contributed by atoms with Crippen molar-refractivity contribution in [2.45, 2.75) is 18.9 Å². The summed E-state index contributed by atoms with van der Waals surface area (Å²) in [7, 11) is 0. The molecular formula is C7H9N5O3S. The fourth-order valence-electron chi connectivity index (χ4n) is 1.61. The lowest BCUT2D eigenvalue weighted by Gasteiger charge is -2.20. The van der Waals surface area contributed by atoms with Crippen LogP contribution in [-0.2, 0) is 4.79 Å². The second kappa shape index (κ2) is 4.39. The van der Waals surface area contributed by atoms with Crippen LogP contribution in [-0.4, -0.2) is 49.4 Å². The summed E-state index contributed by atoms with van der Waals surface area (Å²) in [6.07, 6.45) is 1.18. The van der Waals surface area contributed by atoms with Gasteiger partial charge in [-0.15, -0.1) is 0 Å².